The van der Waals surface area contributed by atoms with Gasteiger partial charge >= 0.3 is 12.0 Å². The number of hydrogen-bond donors (Lipinski definition) is 6. The highest BCUT2D eigenvalue weighted by molar-refractivity contribution is 5.82. The number of nitrogens with zero attached hydrogens (tertiary/aromatic N) is 3. The minimum Gasteiger partial charge on any atom is -0.480 e. The summed E-state index contributed by atoms with van der Waals surface area (Å²) in [6.45, 7) is 1.20. The van der Waals surface area contributed by atoms with Crippen LogP contribution in [-0.4, -0.2) is 52.3 Å². The topological polar surface area (TPSA) is 194 Å². The minimum atomic E-state index is -1.14. The molecule has 8 N–H and O–H groups in total. The summed E-state index contributed by atoms with van der Waals surface area (Å²) in [6.07, 6.45) is 2.59. The molecule has 0 aromatic carbocycles. The van der Waals surface area contributed by atoms with Gasteiger partial charge in [-0.25, -0.2) is 9.59 Å². The molecule has 0 bridgehead atoms. The summed E-state index contributed by atoms with van der Waals surface area (Å²) in [5.74, 6) is -0.391. The van der Waals surface area contributed by atoms with Gasteiger partial charge in [0, 0.05) is 6.54 Å². The number of carbonyl (C=O) groups is 2. The van der Waals surface area contributed by atoms with Gasteiger partial charge in [-0.3, -0.25) is 4.99 Å². The summed E-state index contributed by atoms with van der Waals surface area (Å²) in [6, 6.07) is -1.62. The molecule has 12 heteroatoms. The predicted octanol–water partition coefficient (Wildman–Crippen LogP) is -1.20. The number of rotatable bonds is 9. The van der Waals surface area contributed by atoms with Crippen molar-refractivity contribution in [3.8, 4) is 0 Å². The smallest absolute Gasteiger partial charge is 0.326 e. The zero-order valence-electron chi connectivity index (χ0n) is 14.3. The molecule has 0 saturated carbocycles. The Labute approximate surface area is 149 Å². The zero-order chi connectivity index (χ0) is 18.9. The molecule has 1 aromatic heterocycles. The first-order valence-electron chi connectivity index (χ1n) is 8.34. The van der Waals surface area contributed by atoms with Crippen molar-refractivity contribution in [2.45, 2.75) is 44.3 Å². The fourth-order valence-corrected chi connectivity index (χ4v) is 2.51. The second-order valence-electron chi connectivity index (χ2n) is 5.86. The van der Waals surface area contributed by atoms with E-state index in [1.807, 2.05) is 0 Å². The van der Waals surface area contributed by atoms with Gasteiger partial charge in [0.25, 0.3) is 0 Å². The normalized spacial score (nSPS) is 17.5. The van der Waals surface area contributed by atoms with E-state index >= 15 is 0 Å². The summed E-state index contributed by atoms with van der Waals surface area (Å²) in [5, 5.41) is 21.2. The number of carbonyl (C=O) groups excluding carboxylic acids is 1. The monoisotopic (exact) mass is 368 g/mol. The third-order valence-corrected chi connectivity index (χ3v) is 3.80. The lowest BCUT2D eigenvalue weighted by Crippen LogP contribution is -2.45. The molecular formula is C14H24N8O4. The quantitative estimate of drug-likeness (QED) is 0.176. The number of hydrogen-bond acceptors (Lipinski definition) is 7. The molecule has 1 aromatic rings. The molecule has 1 fully saturated rings. The van der Waals surface area contributed by atoms with E-state index in [1.54, 1.807) is 0 Å². The lowest BCUT2D eigenvalue weighted by Gasteiger charge is -2.14. The van der Waals surface area contributed by atoms with E-state index in [2.05, 4.69) is 31.1 Å². The standard InChI is InChI=1S/C14H24N8O4/c15-13(16)18-6-2-4-9(12(23)24)20-14(25)19-7-10-21-11(22-26-10)8-3-1-5-17-8/h8-9,17H,1-7H2,(H,23,24)(H4,15,16,18)(H2,19,20,25). The maximum atomic E-state index is 11.9. The summed E-state index contributed by atoms with van der Waals surface area (Å²) in [4.78, 5) is 31.1. The molecule has 1 saturated heterocycles. The Kier molecular flexibility index (Phi) is 7.14. The number of nitrogens with one attached hydrogen (secondary N) is 3. The summed E-state index contributed by atoms with van der Waals surface area (Å²) in [5.41, 5.74) is 10.4. The molecular weight excluding hydrogens is 344 g/mol. The largest absolute Gasteiger partial charge is 0.480 e. The van der Waals surface area contributed by atoms with Gasteiger partial charge in [0.05, 0.1) is 12.6 Å². The number of amides is 2. The van der Waals surface area contributed by atoms with E-state index in [0.29, 0.717) is 12.2 Å². The maximum Gasteiger partial charge on any atom is 0.326 e. The third-order valence-electron chi connectivity index (χ3n) is 3.80. The molecule has 0 aliphatic carbocycles. The number of nitrogens with two attached hydrogens (primary N) is 2. The van der Waals surface area contributed by atoms with E-state index in [4.69, 9.17) is 21.1 Å². The molecule has 0 radical (unpaired) electrons. The van der Waals surface area contributed by atoms with Crippen molar-refractivity contribution >= 4 is 18.0 Å². The number of aliphatic imine (C=N–C) groups is 1. The van der Waals surface area contributed by atoms with Crippen LogP contribution in [0.15, 0.2) is 9.52 Å². The van der Waals surface area contributed by atoms with E-state index in [9.17, 15) is 9.59 Å². The zero-order valence-corrected chi connectivity index (χ0v) is 14.3. The van der Waals surface area contributed by atoms with Crippen molar-refractivity contribution in [2.24, 2.45) is 16.5 Å². The van der Waals surface area contributed by atoms with Gasteiger partial charge in [0.1, 0.15) is 6.04 Å². The number of urea groups is 1. The van der Waals surface area contributed by atoms with E-state index in [1.165, 1.54) is 0 Å². The van der Waals surface area contributed by atoms with E-state index < -0.39 is 18.0 Å². The fraction of sp³-hybridized carbons (Fsp3) is 0.643. The number of guanidine groups is 1. The maximum absolute atomic E-state index is 11.9. The first-order chi connectivity index (χ1) is 12.5. The number of carboxylic acids is 1. The van der Waals surface area contributed by atoms with E-state index in [-0.39, 0.29) is 37.4 Å². The molecule has 0 spiro atoms. The highest BCUT2D eigenvalue weighted by Gasteiger charge is 2.22. The summed E-state index contributed by atoms with van der Waals surface area (Å²) >= 11 is 0. The highest BCUT2D eigenvalue weighted by Crippen LogP contribution is 2.19. The Morgan fingerprint density at radius 3 is 2.92 bits per heavy atom. The third kappa shape index (κ3) is 6.20. The summed E-state index contributed by atoms with van der Waals surface area (Å²) in [7, 11) is 0. The molecule has 2 unspecified atom stereocenters. The molecule has 1 aliphatic heterocycles. The van der Waals surface area contributed by atoms with Crippen LogP contribution in [0.4, 0.5) is 4.79 Å². The van der Waals surface area contributed by atoms with Gasteiger partial charge in [-0.1, -0.05) is 5.16 Å². The molecule has 26 heavy (non-hydrogen) atoms. The van der Waals surface area contributed by atoms with Crippen LogP contribution in [0, 0.1) is 0 Å². The minimum absolute atomic E-state index is 0.00585. The van der Waals surface area contributed by atoms with Gasteiger partial charge in [0.2, 0.25) is 5.89 Å². The van der Waals surface area contributed by atoms with Gasteiger partial charge in [-0.05, 0) is 32.2 Å². The van der Waals surface area contributed by atoms with Crippen molar-refractivity contribution < 1.29 is 19.2 Å². The van der Waals surface area contributed by atoms with Gasteiger partial charge in [-0.2, -0.15) is 4.98 Å². The second kappa shape index (κ2) is 9.56. The second-order valence-corrected chi connectivity index (χ2v) is 5.86. The molecule has 12 nitrogen and oxygen atoms in total. The first-order valence-corrected chi connectivity index (χ1v) is 8.34. The number of carboxylic acid groups (broad SMARTS) is 1. The van der Waals surface area contributed by atoms with Crippen LogP contribution in [0.3, 0.4) is 0 Å². The van der Waals surface area contributed by atoms with Crippen molar-refractivity contribution in [1.29, 1.82) is 0 Å². The van der Waals surface area contributed by atoms with Crippen LogP contribution in [0.25, 0.3) is 0 Å². The highest BCUT2D eigenvalue weighted by atomic mass is 16.5. The summed E-state index contributed by atoms with van der Waals surface area (Å²) < 4.78 is 5.08. The van der Waals surface area contributed by atoms with Gasteiger partial charge < -0.3 is 37.0 Å². The Morgan fingerprint density at radius 1 is 1.46 bits per heavy atom. The Balaban J connectivity index is 1.75. The predicted molar refractivity (Wildman–Crippen MR) is 91.0 cm³/mol. The Hall–Kier alpha value is -2.89. The number of aliphatic carboxylic acids is 1. The molecule has 2 heterocycles. The van der Waals surface area contributed by atoms with Crippen molar-refractivity contribution in [3.05, 3.63) is 11.7 Å². The van der Waals surface area contributed by atoms with Gasteiger partial charge in [-0.15, -0.1) is 0 Å². The average molecular weight is 368 g/mol. The fourth-order valence-electron chi connectivity index (χ4n) is 2.51. The number of aromatic nitrogens is 2. The lowest BCUT2D eigenvalue weighted by atomic mass is 10.1. The van der Waals surface area contributed by atoms with Crippen LogP contribution in [0.1, 0.15) is 43.4 Å². The van der Waals surface area contributed by atoms with Gasteiger partial charge in [0.15, 0.2) is 11.8 Å². The molecule has 2 rings (SSSR count). The van der Waals surface area contributed by atoms with Crippen LogP contribution in [-0.2, 0) is 11.3 Å². The van der Waals surface area contributed by atoms with Crippen LogP contribution < -0.4 is 27.4 Å². The van der Waals surface area contributed by atoms with Crippen LogP contribution >= 0.6 is 0 Å². The van der Waals surface area contributed by atoms with Crippen LogP contribution in [0.5, 0.6) is 0 Å². The molecule has 2 amide bonds. The molecule has 2 atom stereocenters. The first kappa shape index (κ1) is 19.4. The molecule has 1 aliphatic rings. The van der Waals surface area contributed by atoms with Crippen molar-refractivity contribution in [2.75, 3.05) is 13.1 Å². The van der Waals surface area contributed by atoms with Crippen LogP contribution in [0.2, 0.25) is 0 Å². The lowest BCUT2D eigenvalue weighted by molar-refractivity contribution is -0.139. The van der Waals surface area contributed by atoms with E-state index in [0.717, 1.165) is 19.4 Å². The SMILES string of the molecule is NC(N)=NCCCC(NC(=O)NCc1nc(C2CCCN2)no1)C(=O)O. The van der Waals surface area contributed by atoms with Crippen molar-refractivity contribution in [1.82, 2.24) is 26.1 Å². The Morgan fingerprint density at radius 2 is 2.27 bits per heavy atom. The Bertz CT molecular complexity index is 637. The molecule has 144 valence electrons. The average Bonchev–Trinajstić information content (AvgIpc) is 3.26. The van der Waals surface area contributed by atoms with Crippen molar-refractivity contribution in [3.63, 3.8) is 0 Å².